The molecular weight excluding hydrogens is 225 g/mol. The molecule has 1 heterocycles. The Kier molecular flexibility index (Phi) is 1.90. The number of halogens is 2. The van der Waals surface area contributed by atoms with Crippen LogP contribution in [0.25, 0.3) is 0 Å². The van der Waals surface area contributed by atoms with Crippen LogP contribution in [0.5, 0.6) is 0 Å². The van der Waals surface area contributed by atoms with Gasteiger partial charge < -0.3 is 0 Å². The molecule has 1 fully saturated rings. The molecule has 1 aliphatic rings. The molecule has 0 spiro atoms. The Balaban J connectivity index is 2.36. The molecule has 58 valence electrons. The highest BCUT2D eigenvalue weighted by molar-refractivity contribution is 9.10. The Morgan fingerprint density at radius 2 is 2.27 bits per heavy atom. The van der Waals surface area contributed by atoms with Crippen LogP contribution in [0.15, 0.2) is 16.7 Å². The van der Waals surface area contributed by atoms with Crippen molar-refractivity contribution in [3.8, 4) is 0 Å². The zero-order chi connectivity index (χ0) is 7.84. The van der Waals surface area contributed by atoms with Gasteiger partial charge in [0.15, 0.2) is 0 Å². The molecule has 0 amide bonds. The van der Waals surface area contributed by atoms with Gasteiger partial charge in [0.1, 0.15) is 0 Å². The Morgan fingerprint density at radius 3 is 2.82 bits per heavy atom. The minimum Gasteiger partial charge on any atom is -0.260 e. The smallest absolute Gasteiger partial charge is 0.0581 e. The normalized spacial score (nSPS) is 16.9. The van der Waals surface area contributed by atoms with E-state index >= 15 is 0 Å². The van der Waals surface area contributed by atoms with E-state index < -0.39 is 0 Å². The molecule has 0 aromatic carbocycles. The summed E-state index contributed by atoms with van der Waals surface area (Å²) in [6.07, 6.45) is 4.31. The van der Waals surface area contributed by atoms with Crippen LogP contribution in [0.4, 0.5) is 0 Å². The van der Waals surface area contributed by atoms with Crippen molar-refractivity contribution in [2.45, 2.75) is 18.8 Å². The van der Waals surface area contributed by atoms with Gasteiger partial charge in [0, 0.05) is 17.8 Å². The van der Waals surface area contributed by atoms with Crippen LogP contribution < -0.4 is 0 Å². The maximum Gasteiger partial charge on any atom is 0.0581 e. The summed E-state index contributed by atoms with van der Waals surface area (Å²) in [5.41, 5.74) is 1.14. The van der Waals surface area contributed by atoms with E-state index in [1.807, 2.05) is 6.07 Å². The quantitative estimate of drug-likeness (QED) is 0.723. The molecule has 3 heteroatoms. The van der Waals surface area contributed by atoms with E-state index in [0.717, 1.165) is 15.2 Å². The fraction of sp³-hybridized carbons (Fsp3) is 0.375. The highest BCUT2D eigenvalue weighted by Crippen LogP contribution is 2.40. The monoisotopic (exact) mass is 231 g/mol. The van der Waals surface area contributed by atoms with Crippen molar-refractivity contribution in [1.82, 2.24) is 4.98 Å². The van der Waals surface area contributed by atoms with Gasteiger partial charge in [-0.1, -0.05) is 11.6 Å². The Hall–Kier alpha value is -0.0800. The largest absolute Gasteiger partial charge is 0.260 e. The lowest BCUT2D eigenvalue weighted by molar-refractivity contribution is 1.02. The highest BCUT2D eigenvalue weighted by atomic mass is 79.9. The van der Waals surface area contributed by atoms with E-state index in [9.17, 15) is 0 Å². The second kappa shape index (κ2) is 2.76. The number of rotatable bonds is 1. The predicted molar refractivity (Wildman–Crippen MR) is 48.9 cm³/mol. The molecule has 1 aromatic heterocycles. The van der Waals surface area contributed by atoms with Crippen molar-refractivity contribution in [3.05, 3.63) is 27.5 Å². The van der Waals surface area contributed by atoms with Gasteiger partial charge in [-0.3, -0.25) is 4.98 Å². The third kappa shape index (κ3) is 1.57. The highest BCUT2D eigenvalue weighted by Gasteiger charge is 2.25. The maximum atomic E-state index is 5.90. The van der Waals surface area contributed by atoms with Gasteiger partial charge in [0.2, 0.25) is 0 Å². The van der Waals surface area contributed by atoms with Gasteiger partial charge in [-0.2, -0.15) is 0 Å². The molecule has 0 bridgehead atoms. The van der Waals surface area contributed by atoms with E-state index in [-0.39, 0.29) is 0 Å². The van der Waals surface area contributed by atoms with E-state index in [4.69, 9.17) is 11.6 Å². The van der Waals surface area contributed by atoms with E-state index in [2.05, 4.69) is 20.9 Å². The topological polar surface area (TPSA) is 12.9 Å². The number of nitrogens with zero attached hydrogens (tertiary/aromatic N) is 1. The lowest BCUT2D eigenvalue weighted by atomic mass is 10.2. The Bertz CT molecular complexity index is 283. The van der Waals surface area contributed by atoms with Crippen LogP contribution in [0.1, 0.15) is 24.5 Å². The summed E-state index contributed by atoms with van der Waals surface area (Å²) in [6.45, 7) is 0. The van der Waals surface area contributed by atoms with Crippen molar-refractivity contribution in [2.24, 2.45) is 0 Å². The van der Waals surface area contributed by atoms with Gasteiger partial charge in [0.05, 0.1) is 9.50 Å². The summed E-state index contributed by atoms with van der Waals surface area (Å²) in [6, 6.07) is 1.95. The fourth-order valence-electron chi connectivity index (χ4n) is 1.03. The first-order chi connectivity index (χ1) is 5.27. The first-order valence-electron chi connectivity index (χ1n) is 3.58. The average molecular weight is 233 g/mol. The SMILES string of the molecule is Clc1cc(C2CC2)ncc1Br. The summed E-state index contributed by atoms with van der Waals surface area (Å²) in [7, 11) is 0. The summed E-state index contributed by atoms with van der Waals surface area (Å²) < 4.78 is 0.878. The molecule has 2 rings (SSSR count). The lowest BCUT2D eigenvalue weighted by Crippen LogP contribution is -1.85. The third-order valence-electron chi connectivity index (χ3n) is 1.83. The second-order valence-corrected chi connectivity index (χ2v) is 4.06. The molecular formula is C8H7BrClN. The number of aromatic nitrogens is 1. The van der Waals surface area contributed by atoms with Crippen LogP contribution >= 0.6 is 27.5 Å². The van der Waals surface area contributed by atoms with Gasteiger partial charge >= 0.3 is 0 Å². The Labute approximate surface area is 78.9 Å². The van der Waals surface area contributed by atoms with Crippen LogP contribution in [-0.2, 0) is 0 Å². The number of hydrogen-bond acceptors (Lipinski definition) is 1. The first kappa shape index (κ1) is 7.56. The first-order valence-corrected chi connectivity index (χ1v) is 4.75. The molecule has 1 nitrogen and oxygen atoms in total. The molecule has 0 N–H and O–H groups in total. The molecule has 1 aliphatic carbocycles. The summed E-state index contributed by atoms with van der Waals surface area (Å²) in [4.78, 5) is 4.27. The molecule has 1 saturated carbocycles. The number of hydrogen-bond donors (Lipinski definition) is 0. The van der Waals surface area contributed by atoms with Crippen LogP contribution in [0.2, 0.25) is 5.02 Å². The van der Waals surface area contributed by atoms with E-state index in [0.29, 0.717) is 5.92 Å². The summed E-state index contributed by atoms with van der Waals surface area (Å²) in [5, 5.41) is 0.766. The zero-order valence-electron chi connectivity index (χ0n) is 5.85. The molecule has 11 heavy (non-hydrogen) atoms. The minimum atomic E-state index is 0.681. The van der Waals surface area contributed by atoms with Gasteiger partial charge in [-0.05, 0) is 34.8 Å². The molecule has 0 aliphatic heterocycles. The van der Waals surface area contributed by atoms with Gasteiger partial charge in [-0.15, -0.1) is 0 Å². The van der Waals surface area contributed by atoms with E-state index in [1.165, 1.54) is 12.8 Å². The lowest BCUT2D eigenvalue weighted by Gasteiger charge is -1.98. The maximum absolute atomic E-state index is 5.90. The minimum absolute atomic E-state index is 0.681. The standard InChI is InChI=1S/C8H7BrClN/c9-6-4-11-8(3-7(6)10)5-1-2-5/h3-5H,1-2H2. The Morgan fingerprint density at radius 1 is 1.55 bits per heavy atom. The van der Waals surface area contributed by atoms with Crippen LogP contribution in [0, 0.1) is 0 Å². The van der Waals surface area contributed by atoms with Crippen molar-refractivity contribution < 1.29 is 0 Å². The molecule has 0 atom stereocenters. The predicted octanol–water partition coefficient (Wildman–Crippen LogP) is 3.37. The second-order valence-electron chi connectivity index (χ2n) is 2.80. The fourth-order valence-corrected chi connectivity index (χ4v) is 1.41. The van der Waals surface area contributed by atoms with Crippen molar-refractivity contribution >= 4 is 27.5 Å². The van der Waals surface area contributed by atoms with Crippen LogP contribution in [-0.4, -0.2) is 4.98 Å². The summed E-state index contributed by atoms with van der Waals surface area (Å²) >= 11 is 9.20. The van der Waals surface area contributed by atoms with Crippen molar-refractivity contribution in [1.29, 1.82) is 0 Å². The number of pyridine rings is 1. The van der Waals surface area contributed by atoms with Crippen molar-refractivity contribution in [3.63, 3.8) is 0 Å². The van der Waals surface area contributed by atoms with Crippen LogP contribution in [0.3, 0.4) is 0 Å². The average Bonchev–Trinajstić information content (AvgIpc) is 2.77. The third-order valence-corrected chi connectivity index (χ3v) is 3.00. The molecule has 0 radical (unpaired) electrons. The zero-order valence-corrected chi connectivity index (χ0v) is 8.19. The van der Waals surface area contributed by atoms with E-state index in [1.54, 1.807) is 6.20 Å². The van der Waals surface area contributed by atoms with Gasteiger partial charge in [-0.25, -0.2) is 0 Å². The molecule has 0 unspecified atom stereocenters. The van der Waals surface area contributed by atoms with Crippen molar-refractivity contribution in [2.75, 3.05) is 0 Å². The molecule has 0 saturated heterocycles. The van der Waals surface area contributed by atoms with Gasteiger partial charge in [0.25, 0.3) is 0 Å². The summed E-state index contributed by atoms with van der Waals surface area (Å²) in [5.74, 6) is 0.681. The molecule has 1 aromatic rings.